The Bertz CT molecular complexity index is 4480. The molecule has 0 aliphatic carbocycles. The van der Waals surface area contributed by atoms with E-state index in [9.17, 15) is 0 Å². The summed E-state index contributed by atoms with van der Waals surface area (Å²) in [6, 6.07) is 91.6. The number of nitrogens with zero attached hydrogens (tertiary/aromatic N) is 8. The zero-order valence-corrected chi connectivity index (χ0v) is 40.3. The van der Waals surface area contributed by atoms with Gasteiger partial charge in [0, 0.05) is 32.8 Å². The van der Waals surface area contributed by atoms with Gasteiger partial charge in [0.15, 0.2) is 13.9 Å². The summed E-state index contributed by atoms with van der Waals surface area (Å²) in [5.41, 5.74) is 10.3. The Hall–Kier alpha value is -9.70. The van der Waals surface area contributed by atoms with Gasteiger partial charge >= 0.3 is 0 Å². The number of hydrogen-bond acceptors (Lipinski definition) is 4. The van der Waals surface area contributed by atoms with Crippen molar-refractivity contribution in [3.63, 3.8) is 0 Å². The van der Waals surface area contributed by atoms with Crippen LogP contribution in [0.4, 0.5) is 0 Å². The minimum atomic E-state index is -3.08. The molecule has 0 aliphatic rings. The maximum Gasteiger partial charge on any atom is 0.242 e. The molecule has 0 amide bonds. The zero-order valence-electron chi connectivity index (χ0n) is 39.3. The van der Waals surface area contributed by atoms with E-state index in [1.54, 1.807) is 0 Å². The molecule has 0 fully saturated rings. The highest BCUT2D eigenvalue weighted by Gasteiger charge is 2.42. The van der Waals surface area contributed by atoms with Crippen LogP contribution in [0.2, 0.25) is 0 Å². The fourth-order valence-corrected chi connectivity index (χ4v) is 16.5. The lowest BCUT2D eigenvalue weighted by molar-refractivity contribution is 0.885. The molecule has 0 spiro atoms. The molecule has 0 saturated heterocycles. The molecule has 15 aromatic rings. The lowest BCUT2D eigenvalue weighted by Gasteiger charge is -2.34. The van der Waals surface area contributed by atoms with E-state index in [-0.39, 0.29) is 0 Å². The van der Waals surface area contributed by atoms with Crippen molar-refractivity contribution in [2.75, 3.05) is 0 Å². The van der Waals surface area contributed by atoms with E-state index in [2.05, 4.69) is 267 Å². The third-order valence-electron chi connectivity index (χ3n) is 14.8. The summed E-state index contributed by atoms with van der Waals surface area (Å²) in [7, 11) is -3.08. The van der Waals surface area contributed by atoms with Crippen LogP contribution in [0.5, 0.6) is 0 Å². The van der Waals surface area contributed by atoms with Crippen LogP contribution < -0.4 is 20.7 Å². The van der Waals surface area contributed by atoms with Gasteiger partial charge in [-0.15, -0.1) is 0 Å². The van der Waals surface area contributed by atoms with E-state index in [1.165, 1.54) is 42.6 Å². The summed E-state index contributed by atoms with van der Waals surface area (Å²) in [4.78, 5) is 21.7. The molecule has 8 nitrogen and oxygen atoms in total. The molecule has 0 radical (unpaired) electrons. The van der Waals surface area contributed by atoms with Crippen LogP contribution in [0.25, 0.3) is 100 Å². The Labute approximate surface area is 420 Å². The first kappa shape index (κ1) is 41.1. The molecule has 0 N–H and O–H groups in total. The van der Waals surface area contributed by atoms with Crippen molar-refractivity contribution in [3.05, 3.63) is 255 Å². The molecule has 10 aromatic carbocycles. The van der Waals surface area contributed by atoms with Crippen molar-refractivity contribution in [2.24, 2.45) is 0 Å². The third kappa shape index (κ3) is 6.13. The summed E-state index contributed by atoms with van der Waals surface area (Å²) in [6.45, 7) is 0. The molecule has 73 heavy (non-hydrogen) atoms. The van der Waals surface area contributed by atoms with Gasteiger partial charge in [-0.25, -0.2) is 9.55 Å². The topological polar surface area (TPSA) is 70.8 Å². The molecule has 0 saturated carbocycles. The fraction of sp³-hybridized carbons (Fsp3) is 0. The molecule has 342 valence electrons. The van der Waals surface area contributed by atoms with Gasteiger partial charge in [0.1, 0.15) is 0 Å². The van der Waals surface area contributed by atoms with Gasteiger partial charge in [0.2, 0.25) is 17.7 Å². The Kier molecular flexibility index (Phi) is 9.11. The highest BCUT2D eigenvalue weighted by atomic mass is 28.3. The van der Waals surface area contributed by atoms with Crippen LogP contribution in [-0.4, -0.2) is 46.1 Å². The minimum Gasteiger partial charge on any atom is -0.309 e. The maximum absolute atomic E-state index is 5.50. The Morgan fingerprint density at radius 3 is 1.30 bits per heavy atom. The van der Waals surface area contributed by atoms with Gasteiger partial charge in [0.25, 0.3) is 0 Å². The number of imidazole rings is 2. The van der Waals surface area contributed by atoms with Crippen molar-refractivity contribution < 1.29 is 0 Å². The first-order valence-electron chi connectivity index (χ1n) is 24.7. The molecule has 5 aromatic heterocycles. The second-order valence-electron chi connectivity index (χ2n) is 18.7. The lowest BCUT2D eigenvalue weighted by atomic mass is 10.2. The van der Waals surface area contributed by atoms with E-state index >= 15 is 0 Å². The molecule has 0 bridgehead atoms. The predicted molar refractivity (Wildman–Crippen MR) is 301 cm³/mol. The molecule has 0 unspecified atom stereocenters. The first-order chi connectivity index (χ1) is 36.2. The summed E-state index contributed by atoms with van der Waals surface area (Å²) in [5, 5.41) is 9.77. The molecule has 0 atom stereocenters. The van der Waals surface area contributed by atoms with E-state index in [4.69, 9.17) is 19.9 Å². The molecular weight excluding hydrogens is 909 g/mol. The molecule has 15 rings (SSSR count). The van der Waals surface area contributed by atoms with E-state index in [1.807, 2.05) is 6.07 Å². The van der Waals surface area contributed by atoms with Gasteiger partial charge in [-0.2, -0.15) is 15.0 Å². The summed E-state index contributed by atoms with van der Waals surface area (Å²) in [6.07, 6.45) is 0. The van der Waals surface area contributed by atoms with Crippen molar-refractivity contribution in [3.8, 4) is 29.0 Å². The smallest absolute Gasteiger partial charge is 0.242 e. The van der Waals surface area contributed by atoms with E-state index < -0.39 is 8.07 Å². The second-order valence-corrected chi connectivity index (χ2v) is 22.5. The first-order valence-corrected chi connectivity index (χ1v) is 26.7. The largest absolute Gasteiger partial charge is 0.309 e. The standard InChI is InChI=1S/C64H42N8Si/c1-3-21-45(22-4-1)73(46-23-5-2-6-24-46,47-40-38-44(39-41-47)69-54-31-12-7-26-49(54)50-27-8-13-32-55(50)69)48-25-19-20-43(42-48)61-66-62(70-56-33-14-9-28-51(56)52-29-10-15-34-57(52)70)68-63(67-61)72-60-37-18-17-36-59(60)71-58-35-16-11-30-53(58)65-64(71)72/h1-42H. The van der Waals surface area contributed by atoms with Crippen molar-refractivity contribution in [2.45, 2.75) is 0 Å². The average molecular weight is 951 g/mol. The molecule has 5 heterocycles. The van der Waals surface area contributed by atoms with E-state index in [0.29, 0.717) is 17.7 Å². The predicted octanol–water partition coefficient (Wildman–Crippen LogP) is 11.9. The quantitative estimate of drug-likeness (QED) is 0.112. The maximum atomic E-state index is 5.50. The number of hydrogen-bond donors (Lipinski definition) is 0. The molecule has 0 aliphatic heterocycles. The lowest BCUT2D eigenvalue weighted by Crippen LogP contribution is -2.74. The van der Waals surface area contributed by atoms with Crippen molar-refractivity contribution in [1.82, 2.24) is 38.0 Å². The third-order valence-corrected chi connectivity index (χ3v) is 19.6. The monoisotopic (exact) mass is 950 g/mol. The SMILES string of the molecule is c1ccc([Si](c2ccccc2)(c2ccc(-n3c4ccccc4c4ccccc43)cc2)c2cccc(-c3nc(-n4c5ccccc5c5ccccc54)nc(-n4c5ccccc5n5c6ccccc6nc45)n3)c2)cc1. The van der Waals surface area contributed by atoms with Gasteiger partial charge in [0.05, 0.1) is 44.1 Å². The highest BCUT2D eigenvalue weighted by Crippen LogP contribution is 2.35. The zero-order chi connectivity index (χ0) is 48.0. The molecular formula is C64H42N8Si. The highest BCUT2D eigenvalue weighted by molar-refractivity contribution is 7.19. The van der Waals surface area contributed by atoms with Gasteiger partial charge in [-0.1, -0.05) is 194 Å². The second kappa shape index (κ2) is 16.2. The Balaban J connectivity index is 0.987. The molecule has 9 heteroatoms. The number of aromatic nitrogens is 8. The normalized spacial score (nSPS) is 12.1. The van der Waals surface area contributed by atoms with Crippen molar-refractivity contribution >= 4 is 100 Å². The van der Waals surface area contributed by atoms with Crippen LogP contribution in [0, 0.1) is 0 Å². The fourth-order valence-electron chi connectivity index (χ4n) is 11.7. The minimum absolute atomic E-state index is 0.476. The van der Waals surface area contributed by atoms with Gasteiger partial charge in [-0.05, 0) is 81.4 Å². The Morgan fingerprint density at radius 1 is 0.288 bits per heavy atom. The Morgan fingerprint density at radius 2 is 0.726 bits per heavy atom. The summed E-state index contributed by atoms with van der Waals surface area (Å²) < 4.78 is 8.87. The van der Waals surface area contributed by atoms with Crippen LogP contribution in [-0.2, 0) is 0 Å². The number of fused-ring (bicyclic) bond motifs is 11. The van der Waals surface area contributed by atoms with Crippen molar-refractivity contribution in [1.29, 1.82) is 0 Å². The van der Waals surface area contributed by atoms with Crippen LogP contribution in [0.1, 0.15) is 0 Å². The number of para-hydroxylation sites is 8. The van der Waals surface area contributed by atoms with Crippen LogP contribution in [0.3, 0.4) is 0 Å². The summed E-state index contributed by atoms with van der Waals surface area (Å²) in [5.74, 6) is 2.28. The van der Waals surface area contributed by atoms with Crippen LogP contribution in [0.15, 0.2) is 255 Å². The number of rotatable bonds is 8. The van der Waals surface area contributed by atoms with Gasteiger partial charge < -0.3 is 4.57 Å². The average Bonchev–Trinajstić information content (AvgIpc) is 4.20. The van der Waals surface area contributed by atoms with E-state index in [0.717, 1.165) is 60.9 Å². The van der Waals surface area contributed by atoms with Gasteiger partial charge in [-0.3, -0.25) is 8.97 Å². The van der Waals surface area contributed by atoms with Crippen LogP contribution >= 0.6 is 0 Å². The number of benzene rings is 10. The summed E-state index contributed by atoms with van der Waals surface area (Å²) >= 11 is 0.